The van der Waals surface area contributed by atoms with Gasteiger partial charge in [-0.2, -0.15) is 0 Å². The summed E-state index contributed by atoms with van der Waals surface area (Å²) in [6.45, 7) is 3.42. The minimum absolute atomic E-state index is 0.0594. The van der Waals surface area contributed by atoms with Gasteiger partial charge in [-0.25, -0.2) is 0 Å². The van der Waals surface area contributed by atoms with Gasteiger partial charge >= 0.3 is 0 Å². The van der Waals surface area contributed by atoms with E-state index < -0.39 is 0 Å². The molecule has 0 bridgehead atoms. The number of rotatable bonds is 5. The summed E-state index contributed by atoms with van der Waals surface area (Å²) in [5.41, 5.74) is 0.859. The second kappa shape index (κ2) is 6.65. The highest BCUT2D eigenvalue weighted by Crippen LogP contribution is 2.08. The van der Waals surface area contributed by atoms with Crippen LogP contribution in [0.25, 0.3) is 0 Å². The number of aryl methyl sites for hydroxylation is 1. The first-order chi connectivity index (χ1) is 10.0. The van der Waals surface area contributed by atoms with E-state index in [1.54, 1.807) is 31.5 Å². The van der Waals surface area contributed by atoms with Crippen molar-refractivity contribution in [3.05, 3.63) is 41.9 Å². The molecule has 7 heteroatoms. The molecule has 0 aromatic carbocycles. The molecule has 0 aliphatic heterocycles. The lowest BCUT2D eigenvalue weighted by molar-refractivity contribution is -0.133. The molecule has 110 valence electrons. The van der Waals surface area contributed by atoms with E-state index in [2.05, 4.69) is 15.5 Å². The van der Waals surface area contributed by atoms with Gasteiger partial charge in [0.25, 0.3) is 0 Å². The highest BCUT2D eigenvalue weighted by molar-refractivity contribution is 5.93. The Bertz CT molecular complexity index is 624. The second-order valence-corrected chi connectivity index (χ2v) is 4.61. The Kier molecular flexibility index (Phi) is 4.65. The van der Waals surface area contributed by atoms with E-state index in [-0.39, 0.29) is 18.4 Å². The van der Waals surface area contributed by atoms with Crippen molar-refractivity contribution < 1.29 is 14.1 Å². The van der Waals surface area contributed by atoms with Gasteiger partial charge in [0.05, 0.1) is 0 Å². The summed E-state index contributed by atoms with van der Waals surface area (Å²) < 4.78 is 4.86. The molecule has 7 nitrogen and oxygen atoms in total. The molecule has 2 aromatic heterocycles. The molecule has 21 heavy (non-hydrogen) atoms. The Morgan fingerprint density at radius 1 is 1.43 bits per heavy atom. The molecule has 0 atom stereocenters. The fraction of sp³-hybridized carbons (Fsp3) is 0.286. The Labute approximate surface area is 121 Å². The van der Waals surface area contributed by atoms with Crippen LogP contribution in [-0.2, 0) is 16.1 Å². The molecule has 0 saturated carbocycles. The molecule has 1 N–H and O–H groups in total. The molecule has 0 radical (unpaired) electrons. The van der Waals surface area contributed by atoms with Crippen LogP contribution >= 0.6 is 0 Å². The molecule has 2 rings (SSSR count). The minimum Gasteiger partial charge on any atom is -0.360 e. The third kappa shape index (κ3) is 4.41. The average molecular weight is 288 g/mol. The van der Waals surface area contributed by atoms with E-state index in [4.69, 9.17) is 4.52 Å². The summed E-state index contributed by atoms with van der Waals surface area (Å²) in [6.07, 6.45) is 3.32. The van der Waals surface area contributed by atoms with Crippen LogP contribution in [0.4, 0.5) is 5.82 Å². The summed E-state index contributed by atoms with van der Waals surface area (Å²) in [6, 6.07) is 5.24. The number of hydrogen-bond acceptors (Lipinski definition) is 5. The fourth-order valence-corrected chi connectivity index (χ4v) is 1.77. The van der Waals surface area contributed by atoms with Crippen LogP contribution in [0.15, 0.2) is 35.1 Å². The zero-order valence-corrected chi connectivity index (χ0v) is 11.9. The molecule has 0 saturated heterocycles. The summed E-state index contributed by atoms with van der Waals surface area (Å²) in [5, 5.41) is 6.25. The lowest BCUT2D eigenvalue weighted by atomic mass is 10.2. The smallest absolute Gasteiger partial charge is 0.245 e. The zero-order chi connectivity index (χ0) is 15.2. The van der Waals surface area contributed by atoms with Crippen LogP contribution in [0.3, 0.4) is 0 Å². The van der Waals surface area contributed by atoms with Crippen LogP contribution in [0.5, 0.6) is 0 Å². The first-order valence-corrected chi connectivity index (χ1v) is 6.42. The molecule has 0 aliphatic carbocycles. The molecule has 2 heterocycles. The van der Waals surface area contributed by atoms with Crippen LogP contribution in [0.2, 0.25) is 0 Å². The van der Waals surface area contributed by atoms with Gasteiger partial charge in [-0.15, -0.1) is 0 Å². The Hall–Kier alpha value is -2.70. The average Bonchev–Trinajstić information content (AvgIpc) is 2.84. The SMILES string of the molecule is CC(=O)N(CC(=O)Nc1cc(C)on1)Cc1cccnc1. The number of amides is 2. The number of pyridine rings is 1. The van der Waals surface area contributed by atoms with Gasteiger partial charge in [0.15, 0.2) is 5.82 Å². The predicted octanol–water partition coefficient (Wildman–Crippen LogP) is 1.37. The van der Waals surface area contributed by atoms with Crippen LogP contribution in [0, 0.1) is 6.92 Å². The Morgan fingerprint density at radius 3 is 2.81 bits per heavy atom. The minimum atomic E-state index is -0.331. The van der Waals surface area contributed by atoms with Crippen molar-refractivity contribution in [2.75, 3.05) is 11.9 Å². The van der Waals surface area contributed by atoms with Crippen molar-refractivity contribution in [2.24, 2.45) is 0 Å². The number of carbonyl (C=O) groups is 2. The first-order valence-electron chi connectivity index (χ1n) is 6.42. The quantitative estimate of drug-likeness (QED) is 0.897. The topological polar surface area (TPSA) is 88.3 Å². The van der Waals surface area contributed by atoms with E-state index in [1.165, 1.54) is 11.8 Å². The zero-order valence-electron chi connectivity index (χ0n) is 11.9. The number of aromatic nitrogens is 2. The molecule has 2 aromatic rings. The third-order valence-corrected chi connectivity index (χ3v) is 2.77. The largest absolute Gasteiger partial charge is 0.360 e. The van der Waals surface area contributed by atoms with Gasteiger partial charge in [0.2, 0.25) is 11.8 Å². The summed E-state index contributed by atoms with van der Waals surface area (Å²) in [7, 11) is 0. The van der Waals surface area contributed by atoms with Crippen LogP contribution in [0.1, 0.15) is 18.2 Å². The number of carbonyl (C=O) groups excluding carboxylic acids is 2. The molecule has 0 aliphatic rings. The highest BCUT2D eigenvalue weighted by atomic mass is 16.5. The summed E-state index contributed by atoms with van der Waals surface area (Å²) >= 11 is 0. The van der Waals surface area contributed by atoms with Crippen molar-refractivity contribution >= 4 is 17.6 Å². The highest BCUT2D eigenvalue weighted by Gasteiger charge is 2.15. The normalized spacial score (nSPS) is 10.2. The van der Waals surface area contributed by atoms with Gasteiger partial charge in [-0.05, 0) is 18.6 Å². The van der Waals surface area contributed by atoms with E-state index >= 15 is 0 Å². The van der Waals surface area contributed by atoms with E-state index in [0.29, 0.717) is 18.1 Å². The van der Waals surface area contributed by atoms with Gasteiger partial charge in [-0.1, -0.05) is 11.2 Å². The first kappa shape index (κ1) is 14.7. The van der Waals surface area contributed by atoms with Crippen LogP contribution in [-0.4, -0.2) is 33.4 Å². The maximum atomic E-state index is 11.9. The number of nitrogens with one attached hydrogen (secondary N) is 1. The molecule has 2 amide bonds. The maximum absolute atomic E-state index is 11.9. The van der Waals surface area contributed by atoms with Crippen molar-refractivity contribution in [2.45, 2.75) is 20.4 Å². The second-order valence-electron chi connectivity index (χ2n) is 4.61. The lowest BCUT2D eigenvalue weighted by Gasteiger charge is -2.20. The van der Waals surface area contributed by atoms with E-state index in [1.807, 2.05) is 6.07 Å². The Balaban J connectivity index is 1.96. The molecule has 0 spiro atoms. The predicted molar refractivity (Wildman–Crippen MR) is 75.2 cm³/mol. The van der Waals surface area contributed by atoms with Crippen molar-refractivity contribution in [1.29, 1.82) is 0 Å². The lowest BCUT2D eigenvalue weighted by Crippen LogP contribution is -2.36. The van der Waals surface area contributed by atoms with Gasteiger partial charge in [-0.3, -0.25) is 14.6 Å². The van der Waals surface area contributed by atoms with Crippen molar-refractivity contribution in [1.82, 2.24) is 15.0 Å². The summed E-state index contributed by atoms with van der Waals surface area (Å²) in [5.74, 6) is 0.416. The van der Waals surface area contributed by atoms with Crippen molar-refractivity contribution in [3.63, 3.8) is 0 Å². The number of hydrogen-bond donors (Lipinski definition) is 1. The number of anilines is 1. The van der Waals surface area contributed by atoms with Gasteiger partial charge < -0.3 is 14.7 Å². The Morgan fingerprint density at radius 2 is 2.24 bits per heavy atom. The van der Waals surface area contributed by atoms with E-state index in [9.17, 15) is 9.59 Å². The van der Waals surface area contributed by atoms with Crippen LogP contribution < -0.4 is 5.32 Å². The standard InChI is InChI=1S/C14H16N4O3/c1-10-6-13(17-21-10)16-14(20)9-18(11(2)19)8-12-4-3-5-15-7-12/h3-7H,8-9H2,1-2H3,(H,16,17,20). The molecular formula is C14H16N4O3. The molecule has 0 fully saturated rings. The molecule has 0 unspecified atom stereocenters. The third-order valence-electron chi connectivity index (χ3n) is 2.77. The fourth-order valence-electron chi connectivity index (χ4n) is 1.77. The summed E-state index contributed by atoms with van der Waals surface area (Å²) in [4.78, 5) is 29.0. The molecular weight excluding hydrogens is 272 g/mol. The van der Waals surface area contributed by atoms with Gasteiger partial charge in [0, 0.05) is 31.9 Å². The monoisotopic (exact) mass is 288 g/mol. The van der Waals surface area contributed by atoms with E-state index in [0.717, 1.165) is 5.56 Å². The van der Waals surface area contributed by atoms with Gasteiger partial charge in [0.1, 0.15) is 12.3 Å². The number of nitrogens with zero attached hydrogens (tertiary/aromatic N) is 3. The van der Waals surface area contributed by atoms with Crippen molar-refractivity contribution in [3.8, 4) is 0 Å². The maximum Gasteiger partial charge on any atom is 0.245 e.